The summed E-state index contributed by atoms with van der Waals surface area (Å²) in [5.74, 6) is 1.69. The molecule has 0 heterocycles. The summed E-state index contributed by atoms with van der Waals surface area (Å²) in [4.78, 5) is 0. The maximum Gasteiger partial charge on any atom is 0.124 e. The summed E-state index contributed by atoms with van der Waals surface area (Å²) >= 11 is 0. The number of hydrogen-bond donors (Lipinski definition) is 1. The second kappa shape index (κ2) is 6.96. The fraction of sp³-hybridized carbons (Fsp3) is 0.294. The summed E-state index contributed by atoms with van der Waals surface area (Å²) in [5, 5.41) is 3.51. The zero-order valence-electron chi connectivity index (χ0n) is 12.2. The minimum absolute atomic E-state index is 0.0891. The van der Waals surface area contributed by atoms with Gasteiger partial charge in [-0.25, -0.2) is 0 Å². The van der Waals surface area contributed by atoms with E-state index in [1.165, 1.54) is 5.56 Å². The van der Waals surface area contributed by atoms with Gasteiger partial charge in [0.05, 0.1) is 20.3 Å². The van der Waals surface area contributed by atoms with Gasteiger partial charge in [-0.1, -0.05) is 37.3 Å². The van der Waals surface area contributed by atoms with Crippen molar-refractivity contribution in [3.63, 3.8) is 0 Å². The van der Waals surface area contributed by atoms with Crippen molar-refractivity contribution in [3.05, 3.63) is 59.7 Å². The molecule has 2 rings (SSSR count). The van der Waals surface area contributed by atoms with Crippen LogP contribution in [0.25, 0.3) is 0 Å². The van der Waals surface area contributed by atoms with Crippen molar-refractivity contribution in [1.82, 2.24) is 5.32 Å². The molecule has 1 unspecified atom stereocenters. The normalized spacial score (nSPS) is 11.9. The molecule has 0 aliphatic heterocycles. The van der Waals surface area contributed by atoms with Gasteiger partial charge in [0.1, 0.15) is 11.5 Å². The number of hydrogen-bond acceptors (Lipinski definition) is 3. The highest BCUT2D eigenvalue weighted by Crippen LogP contribution is 2.33. The molecule has 2 aromatic rings. The van der Waals surface area contributed by atoms with Gasteiger partial charge < -0.3 is 14.8 Å². The molecule has 20 heavy (non-hydrogen) atoms. The van der Waals surface area contributed by atoms with Crippen molar-refractivity contribution >= 4 is 0 Å². The monoisotopic (exact) mass is 271 g/mol. The predicted octanol–water partition coefficient (Wildman–Crippen LogP) is 3.40. The highest BCUT2D eigenvalue weighted by Gasteiger charge is 2.18. The van der Waals surface area contributed by atoms with Crippen LogP contribution in [0, 0.1) is 0 Å². The zero-order chi connectivity index (χ0) is 14.4. The summed E-state index contributed by atoms with van der Waals surface area (Å²) in [6.45, 7) is 2.97. The first-order valence-corrected chi connectivity index (χ1v) is 6.80. The van der Waals surface area contributed by atoms with Crippen molar-refractivity contribution in [2.24, 2.45) is 0 Å². The highest BCUT2D eigenvalue weighted by molar-refractivity contribution is 5.46. The Morgan fingerprint density at radius 2 is 1.75 bits per heavy atom. The Hall–Kier alpha value is -2.00. The van der Waals surface area contributed by atoms with Gasteiger partial charge in [0.2, 0.25) is 0 Å². The SMILES string of the molecule is CCNC(c1ccccc1)c1cc(OC)ccc1OC. The van der Waals surface area contributed by atoms with Gasteiger partial charge in [0, 0.05) is 5.56 Å². The minimum Gasteiger partial charge on any atom is -0.497 e. The molecule has 0 aliphatic rings. The van der Waals surface area contributed by atoms with Gasteiger partial charge in [-0.3, -0.25) is 0 Å². The average Bonchev–Trinajstić information content (AvgIpc) is 2.53. The molecule has 2 aromatic carbocycles. The third-order valence-corrected chi connectivity index (χ3v) is 3.29. The van der Waals surface area contributed by atoms with E-state index in [2.05, 4.69) is 24.4 Å². The molecular weight excluding hydrogens is 250 g/mol. The summed E-state index contributed by atoms with van der Waals surface area (Å²) in [5.41, 5.74) is 2.29. The van der Waals surface area contributed by atoms with Gasteiger partial charge in [-0.2, -0.15) is 0 Å². The first kappa shape index (κ1) is 14.4. The van der Waals surface area contributed by atoms with Gasteiger partial charge in [-0.15, -0.1) is 0 Å². The molecule has 1 atom stereocenters. The van der Waals surface area contributed by atoms with Crippen molar-refractivity contribution in [2.45, 2.75) is 13.0 Å². The van der Waals surface area contributed by atoms with Crippen LogP contribution in [0.4, 0.5) is 0 Å². The van der Waals surface area contributed by atoms with E-state index in [1.807, 2.05) is 36.4 Å². The Morgan fingerprint density at radius 1 is 1.00 bits per heavy atom. The Morgan fingerprint density at radius 3 is 2.35 bits per heavy atom. The average molecular weight is 271 g/mol. The molecule has 0 aliphatic carbocycles. The van der Waals surface area contributed by atoms with Gasteiger partial charge >= 0.3 is 0 Å². The molecular formula is C17H21NO2. The van der Waals surface area contributed by atoms with E-state index in [1.54, 1.807) is 14.2 Å². The molecule has 106 valence electrons. The van der Waals surface area contributed by atoms with Crippen LogP contribution in [0.2, 0.25) is 0 Å². The lowest BCUT2D eigenvalue weighted by molar-refractivity contribution is 0.394. The molecule has 3 heteroatoms. The number of ether oxygens (including phenoxy) is 2. The van der Waals surface area contributed by atoms with Crippen LogP contribution in [0.1, 0.15) is 24.1 Å². The van der Waals surface area contributed by atoms with Crippen LogP contribution < -0.4 is 14.8 Å². The quantitative estimate of drug-likeness (QED) is 0.873. The third-order valence-electron chi connectivity index (χ3n) is 3.29. The van der Waals surface area contributed by atoms with Crippen molar-refractivity contribution in [2.75, 3.05) is 20.8 Å². The highest BCUT2D eigenvalue weighted by atomic mass is 16.5. The molecule has 0 spiro atoms. The Kier molecular flexibility index (Phi) is 5.02. The zero-order valence-corrected chi connectivity index (χ0v) is 12.2. The molecule has 0 fully saturated rings. The molecule has 0 aromatic heterocycles. The molecule has 0 amide bonds. The molecule has 0 radical (unpaired) electrons. The van der Waals surface area contributed by atoms with E-state index in [0.717, 1.165) is 23.6 Å². The molecule has 1 N–H and O–H groups in total. The van der Waals surface area contributed by atoms with E-state index in [4.69, 9.17) is 9.47 Å². The maximum atomic E-state index is 5.50. The lowest BCUT2D eigenvalue weighted by atomic mass is 9.97. The van der Waals surface area contributed by atoms with Crippen LogP contribution >= 0.6 is 0 Å². The summed E-state index contributed by atoms with van der Waals surface area (Å²) < 4.78 is 10.8. The van der Waals surface area contributed by atoms with Crippen LogP contribution in [0.5, 0.6) is 11.5 Å². The summed E-state index contributed by atoms with van der Waals surface area (Å²) in [6, 6.07) is 16.3. The number of benzene rings is 2. The Balaban J connectivity index is 2.48. The van der Waals surface area contributed by atoms with E-state index < -0.39 is 0 Å². The van der Waals surface area contributed by atoms with Gasteiger partial charge in [0.25, 0.3) is 0 Å². The molecule has 3 nitrogen and oxygen atoms in total. The van der Waals surface area contributed by atoms with Crippen molar-refractivity contribution in [3.8, 4) is 11.5 Å². The van der Waals surface area contributed by atoms with Crippen molar-refractivity contribution in [1.29, 1.82) is 0 Å². The maximum absolute atomic E-state index is 5.50. The van der Waals surface area contributed by atoms with Crippen molar-refractivity contribution < 1.29 is 9.47 Å². The summed E-state index contributed by atoms with van der Waals surface area (Å²) in [7, 11) is 3.37. The topological polar surface area (TPSA) is 30.5 Å². The predicted molar refractivity (Wildman–Crippen MR) is 81.5 cm³/mol. The summed E-state index contributed by atoms with van der Waals surface area (Å²) in [6.07, 6.45) is 0. The number of rotatable bonds is 6. The second-order valence-corrected chi connectivity index (χ2v) is 4.51. The van der Waals surface area contributed by atoms with Gasteiger partial charge in [-0.05, 0) is 30.3 Å². The second-order valence-electron chi connectivity index (χ2n) is 4.51. The molecule has 0 bridgehead atoms. The first-order valence-electron chi connectivity index (χ1n) is 6.80. The van der Waals surface area contributed by atoms with Crippen LogP contribution in [0.15, 0.2) is 48.5 Å². The van der Waals surface area contributed by atoms with Crippen LogP contribution in [-0.2, 0) is 0 Å². The Bertz CT molecular complexity index is 540. The lowest BCUT2D eigenvalue weighted by Crippen LogP contribution is -2.22. The lowest BCUT2D eigenvalue weighted by Gasteiger charge is -2.22. The first-order chi connectivity index (χ1) is 9.80. The van der Waals surface area contributed by atoms with Crippen LogP contribution in [0.3, 0.4) is 0 Å². The standard InChI is InChI=1S/C17H21NO2/c1-4-18-17(13-8-6-5-7-9-13)15-12-14(19-2)10-11-16(15)20-3/h5-12,17-18H,4H2,1-3H3. The Labute approximate surface area is 120 Å². The fourth-order valence-corrected chi connectivity index (χ4v) is 2.32. The van der Waals surface area contributed by atoms with E-state index in [0.29, 0.717) is 0 Å². The van der Waals surface area contributed by atoms with Crippen LogP contribution in [-0.4, -0.2) is 20.8 Å². The minimum atomic E-state index is 0.0891. The fourth-order valence-electron chi connectivity index (χ4n) is 2.32. The third kappa shape index (κ3) is 3.11. The number of methoxy groups -OCH3 is 2. The largest absolute Gasteiger partial charge is 0.497 e. The smallest absolute Gasteiger partial charge is 0.124 e. The molecule has 0 saturated carbocycles. The van der Waals surface area contributed by atoms with E-state index in [-0.39, 0.29) is 6.04 Å². The van der Waals surface area contributed by atoms with Gasteiger partial charge in [0.15, 0.2) is 0 Å². The van der Waals surface area contributed by atoms with E-state index in [9.17, 15) is 0 Å². The number of nitrogens with one attached hydrogen (secondary N) is 1. The molecule has 0 saturated heterocycles. The van der Waals surface area contributed by atoms with E-state index >= 15 is 0 Å².